The third-order valence-corrected chi connectivity index (χ3v) is 4.60. The Morgan fingerprint density at radius 2 is 1.90 bits per heavy atom. The van der Waals surface area contributed by atoms with E-state index in [1.54, 1.807) is 0 Å². The second kappa shape index (κ2) is 4.35. The fourth-order valence-electron chi connectivity index (χ4n) is 3.28. The van der Waals surface area contributed by atoms with Crippen molar-refractivity contribution in [3.05, 3.63) is 65.2 Å². The van der Waals surface area contributed by atoms with Gasteiger partial charge in [-0.1, -0.05) is 53.2 Å². The molecule has 0 aromatic heterocycles. The molecular formula is C18H18N2O. The summed E-state index contributed by atoms with van der Waals surface area (Å²) in [6.45, 7) is 4.34. The van der Waals surface area contributed by atoms with Gasteiger partial charge in [0.05, 0.1) is 11.1 Å². The summed E-state index contributed by atoms with van der Waals surface area (Å²) < 4.78 is 0. The van der Waals surface area contributed by atoms with Crippen LogP contribution in [-0.2, 0) is 10.3 Å². The second-order valence-corrected chi connectivity index (χ2v) is 6.17. The summed E-state index contributed by atoms with van der Waals surface area (Å²) >= 11 is 0. The summed E-state index contributed by atoms with van der Waals surface area (Å²) in [4.78, 5) is 5.76. The van der Waals surface area contributed by atoms with E-state index in [0.717, 1.165) is 23.4 Å². The highest BCUT2D eigenvalue weighted by molar-refractivity contribution is 6.01. The van der Waals surface area contributed by atoms with Gasteiger partial charge in [0.2, 0.25) is 6.23 Å². The van der Waals surface area contributed by atoms with Crippen molar-refractivity contribution < 1.29 is 4.84 Å². The summed E-state index contributed by atoms with van der Waals surface area (Å²) in [5.41, 5.74) is 5.82. The van der Waals surface area contributed by atoms with E-state index in [0.29, 0.717) is 0 Å². The largest absolute Gasteiger partial charge is 0.370 e. The molecule has 2 atom stereocenters. The van der Waals surface area contributed by atoms with Crippen LogP contribution in [0.5, 0.6) is 0 Å². The number of fused-ring (bicyclic) bond motifs is 3. The predicted molar refractivity (Wildman–Crippen MR) is 84.6 cm³/mol. The molecule has 2 aliphatic heterocycles. The van der Waals surface area contributed by atoms with E-state index in [4.69, 9.17) is 4.84 Å². The maximum atomic E-state index is 5.76. The molecule has 0 spiro atoms. The van der Waals surface area contributed by atoms with Crippen LogP contribution in [0, 0.1) is 6.92 Å². The van der Waals surface area contributed by atoms with Crippen molar-refractivity contribution in [3.63, 3.8) is 0 Å². The monoisotopic (exact) mass is 278 g/mol. The average Bonchev–Trinajstić information content (AvgIpc) is 2.80. The Hall–Kier alpha value is -2.29. The molecule has 21 heavy (non-hydrogen) atoms. The van der Waals surface area contributed by atoms with Gasteiger partial charge in [-0.15, -0.1) is 0 Å². The first-order valence-electron chi connectivity index (χ1n) is 7.33. The Kier molecular flexibility index (Phi) is 2.58. The zero-order valence-electron chi connectivity index (χ0n) is 12.3. The molecule has 1 N–H and O–H groups in total. The first-order chi connectivity index (χ1) is 10.2. The lowest BCUT2D eigenvalue weighted by Gasteiger charge is -2.34. The van der Waals surface area contributed by atoms with E-state index >= 15 is 0 Å². The van der Waals surface area contributed by atoms with Crippen molar-refractivity contribution in [2.24, 2.45) is 5.16 Å². The molecule has 0 bridgehead atoms. The van der Waals surface area contributed by atoms with Gasteiger partial charge in [0.1, 0.15) is 0 Å². The molecule has 0 fully saturated rings. The van der Waals surface area contributed by atoms with Gasteiger partial charge in [-0.2, -0.15) is 0 Å². The Morgan fingerprint density at radius 1 is 1.14 bits per heavy atom. The van der Waals surface area contributed by atoms with Crippen molar-refractivity contribution in [3.8, 4) is 0 Å². The van der Waals surface area contributed by atoms with Crippen molar-refractivity contribution in [1.82, 2.24) is 0 Å². The van der Waals surface area contributed by atoms with Gasteiger partial charge >= 0.3 is 0 Å². The molecule has 2 unspecified atom stereocenters. The number of hydrogen-bond donors (Lipinski definition) is 1. The molecule has 106 valence electrons. The third kappa shape index (κ3) is 1.84. The second-order valence-electron chi connectivity index (χ2n) is 6.17. The van der Waals surface area contributed by atoms with Crippen LogP contribution in [0.4, 0.5) is 5.69 Å². The number of nitrogens with one attached hydrogen (secondary N) is 1. The number of benzene rings is 2. The normalized spacial score (nSPS) is 26.2. The van der Waals surface area contributed by atoms with Gasteiger partial charge in [-0.25, -0.2) is 0 Å². The van der Waals surface area contributed by atoms with E-state index in [-0.39, 0.29) is 11.6 Å². The zero-order valence-corrected chi connectivity index (χ0v) is 12.3. The third-order valence-electron chi connectivity index (χ3n) is 4.60. The Balaban J connectivity index is 1.73. The molecule has 0 saturated heterocycles. The number of rotatable bonds is 1. The molecule has 2 aliphatic rings. The molecule has 0 amide bonds. The van der Waals surface area contributed by atoms with Gasteiger partial charge < -0.3 is 10.2 Å². The van der Waals surface area contributed by atoms with E-state index in [9.17, 15) is 0 Å². The molecular weight excluding hydrogens is 260 g/mol. The summed E-state index contributed by atoms with van der Waals surface area (Å²) in [6.07, 6.45) is 0.800. The number of nitrogens with zero attached hydrogens (tertiary/aromatic N) is 1. The smallest absolute Gasteiger partial charge is 0.207 e. The standard InChI is InChI=1S/C18H18N2O/c1-12-7-9-13(10-8-12)16-11-18(2)14-5-3-4-6-15(14)19-17(18)21-20-16/h3-10,17,19H,11H2,1-2H3. The van der Waals surface area contributed by atoms with Gasteiger partial charge in [0.15, 0.2) is 0 Å². The lowest BCUT2D eigenvalue weighted by atomic mass is 9.77. The highest BCUT2D eigenvalue weighted by Gasteiger charge is 2.48. The van der Waals surface area contributed by atoms with Crippen LogP contribution in [0.25, 0.3) is 0 Å². The van der Waals surface area contributed by atoms with Crippen LogP contribution >= 0.6 is 0 Å². The van der Waals surface area contributed by atoms with E-state index in [1.165, 1.54) is 11.1 Å². The molecule has 2 aromatic carbocycles. The molecule has 3 heteroatoms. The van der Waals surface area contributed by atoms with Crippen LogP contribution in [0.2, 0.25) is 0 Å². The van der Waals surface area contributed by atoms with Gasteiger partial charge in [-0.3, -0.25) is 0 Å². The molecule has 2 aromatic rings. The van der Waals surface area contributed by atoms with Crippen LogP contribution in [0.1, 0.15) is 30.0 Å². The molecule has 3 nitrogen and oxygen atoms in total. The first-order valence-corrected chi connectivity index (χ1v) is 7.33. The number of anilines is 1. The minimum Gasteiger partial charge on any atom is -0.370 e. The Bertz CT molecular complexity index is 720. The molecule has 0 aliphatic carbocycles. The maximum Gasteiger partial charge on any atom is 0.207 e. The minimum atomic E-state index is -0.0795. The summed E-state index contributed by atoms with van der Waals surface area (Å²) in [7, 11) is 0. The van der Waals surface area contributed by atoms with Crippen molar-refractivity contribution >= 4 is 11.4 Å². The Labute approximate surface area is 124 Å². The Morgan fingerprint density at radius 3 is 2.71 bits per heavy atom. The topological polar surface area (TPSA) is 33.6 Å². The summed E-state index contributed by atoms with van der Waals surface area (Å²) in [5, 5.41) is 7.78. The van der Waals surface area contributed by atoms with E-state index in [1.807, 2.05) is 6.07 Å². The molecule has 4 rings (SSSR count). The lowest BCUT2D eigenvalue weighted by molar-refractivity contribution is 0.0203. The number of para-hydroxylation sites is 1. The number of aryl methyl sites for hydroxylation is 1. The number of oxime groups is 1. The maximum absolute atomic E-state index is 5.76. The summed E-state index contributed by atoms with van der Waals surface area (Å²) in [5.74, 6) is 0. The number of hydrogen-bond acceptors (Lipinski definition) is 3. The van der Waals surface area contributed by atoms with Gasteiger partial charge in [-0.05, 0) is 31.0 Å². The average molecular weight is 278 g/mol. The van der Waals surface area contributed by atoms with E-state index in [2.05, 4.69) is 66.8 Å². The van der Waals surface area contributed by atoms with Crippen LogP contribution in [0.3, 0.4) is 0 Å². The van der Waals surface area contributed by atoms with Crippen molar-refractivity contribution in [2.45, 2.75) is 31.9 Å². The van der Waals surface area contributed by atoms with Gasteiger partial charge in [0, 0.05) is 12.1 Å². The van der Waals surface area contributed by atoms with Gasteiger partial charge in [0.25, 0.3) is 0 Å². The quantitative estimate of drug-likeness (QED) is 0.860. The minimum absolute atomic E-state index is 0.0709. The molecule has 2 heterocycles. The fourth-order valence-corrected chi connectivity index (χ4v) is 3.28. The van der Waals surface area contributed by atoms with Crippen molar-refractivity contribution in [1.29, 1.82) is 0 Å². The van der Waals surface area contributed by atoms with Crippen LogP contribution in [-0.4, -0.2) is 11.9 Å². The lowest BCUT2D eigenvalue weighted by Crippen LogP contribution is -2.42. The highest BCUT2D eigenvalue weighted by atomic mass is 16.7. The van der Waals surface area contributed by atoms with Crippen LogP contribution in [0.15, 0.2) is 53.7 Å². The SMILES string of the molecule is Cc1ccc(C2=NOC3Nc4ccccc4C3(C)C2)cc1. The fraction of sp³-hybridized carbons (Fsp3) is 0.278. The highest BCUT2D eigenvalue weighted by Crippen LogP contribution is 2.46. The predicted octanol–water partition coefficient (Wildman–Crippen LogP) is 3.83. The molecule has 0 saturated carbocycles. The van der Waals surface area contributed by atoms with E-state index < -0.39 is 0 Å². The van der Waals surface area contributed by atoms with Crippen LogP contribution < -0.4 is 5.32 Å². The zero-order chi connectivity index (χ0) is 14.4. The van der Waals surface area contributed by atoms with Crippen molar-refractivity contribution in [2.75, 3.05) is 5.32 Å². The molecule has 0 radical (unpaired) electrons. The summed E-state index contributed by atoms with van der Waals surface area (Å²) in [6, 6.07) is 16.9. The first kappa shape index (κ1) is 12.5.